The van der Waals surface area contributed by atoms with E-state index in [1.165, 1.54) is 31.2 Å². The van der Waals surface area contributed by atoms with Gasteiger partial charge in [0, 0.05) is 36.1 Å². The summed E-state index contributed by atoms with van der Waals surface area (Å²) >= 11 is 0. The molecule has 0 aliphatic heterocycles. The molecular formula is C21H22N4O6S. The Hall–Kier alpha value is -3.70. The summed E-state index contributed by atoms with van der Waals surface area (Å²) in [4.78, 5) is 39.2. The summed E-state index contributed by atoms with van der Waals surface area (Å²) < 4.78 is 27.6. The monoisotopic (exact) mass is 458 g/mol. The lowest BCUT2D eigenvalue weighted by Gasteiger charge is -2.16. The Morgan fingerprint density at radius 2 is 1.78 bits per heavy atom. The van der Waals surface area contributed by atoms with Gasteiger partial charge in [0.1, 0.15) is 6.04 Å². The fourth-order valence-corrected chi connectivity index (χ4v) is 3.64. The van der Waals surface area contributed by atoms with Crippen LogP contribution in [0.3, 0.4) is 0 Å². The number of hydrogen-bond acceptors (Lipinski definition) is 6. The Bertz CT molecular complexity index is 1250. The lowest BCUT2D eigenvalue weighted by Crippen LogP contribution is -2.43. The van der Waals surface area contributed by atoms with E-state index in [9.17, 15) is 22.8 Å². The van der Waals surface area contributed by atoms with Crippen LogP contribution in [0, 0.1) is 0 Å². The van der Waals surface area contributed by atoms with Crippen molar-refractivity contribution >= 4 is 44.4 Å². The van der Waals surface area contributed by atoms with Crippen molar-refractivity contribution in [3.05, 3.63) is 60.3 Å². The minimum absolute atomic E-state index is 0.0997. The molecule has 0 fully saturated rings. The van der Waals surface area contributed by atoms with Crippen LogP contribution in [0.1, 0.15) is 12.5 Å². The normalized spacial score (nSPS) is 12.2. The van der Waals surface area contributed by atoms with Gasteiger partial charge in [0.05, 0.1) is 4.90 Å². The molecule has 2 amide bonds. The third-order valence-electron chi connectivity index (χ3n) is 4.57. The van der Waals surface area contributed by atoms with Crippen molar-refractivity contribution in [1.29, 1.82) is 0 Å². The number of para-hydroxylation sites is 1. The van der Waals surface area contributed by atoms with Crippen LogP contribution in [0.4, 0.5) is 5.69 Å². The number of H-pyrrole nitrogens is 1. The van der Waals surface area contributed by atoms with Gasteiger partial charge in [0.15, 0.2) is 6.61 Å². The molecule has 11 heteroatoms. The molecule has 0 saturated carbocycles. The Morgan fingerprint density at radius 3 is 2.44 bits per heavy atom. The molecule has 1 aromatic heterocycles. The number of aromatic nitrogens is 1. The summed E-state index contributed by atoms with van der Waals surface area (Å²) in [5.74, 6) is -1.80. The Balaban J connectivity index is 1.61. The number of nitrogens with two attached hydrogens (primary N) is 1. The molecule has 32 heavy (non-hydrogen) atoms. The highest BCUT2D eigenvalue weighted by molar-refractivity contribution is 7.89. The van der Waals surface area contributed by atoms with Crippen molar-refractivity contribution in [3.8, 4) is 0 Å². The second-order valence-electron chi connectivity index (χ2n) is 7.04. The number of anilines is 1. The molecule has 5 N–H and O–H groups in total. The van der Waals surface area contributed by atoms with Crippen LogP contribution in [0.15, 0.2) is 59.6 Å². The topological polar surface area (TPSA) is 160 Å². The molecule has 3 aromatic rings. The van der Waals surface area contributed by atoms with Crippen molar-refractivity contribution in [2.75, 3.05) is 11.9 Å². The fourth-order valence-electron chi connectivity index (χ4n) is 3.12. The van der Waals surface area contributed by atoms with Crippen molar-refractivity contribution in [2.45, 2.75) is 24.3 Å². The Morgan fingerprint density at radius 1 is 1.09 bits per heavy atom. The van der Waals surface area contributed by atoms with Crippen LogP contribution in [-0.4, -0.2) is 43.8 Å². The predicted octanol–water partition coefficient (Wildman–Crippen LogP) is 1.04. The summed E-state index contributed by atoms with van der Waals surface area (Å²) in [6.07, 6.45) is 1.93. The maximum Gasteiger partial charge on any atom is 0.329 e. The van der Waals surface area contributed by atoms with Gasteiger partial charge in [0.2, 0.25) is 15.9 Å². The summed E-state index contributed by atoms with van der Waals surface area (Å²) in [6, 6.07) is 11.8. The van der Waals surface area contributed by atoms with Gasteiger partial charge in [0.25, 0.3) is 5.91 Å². The summed E-state index contributed by atoms with van der Waals surface area (Å²) in [7, 11) is -3.84. The van der Waals surface area contributed by atoms with Crippen molar-refractivity contribution in [2.24, 2.45) is 5.14 Å². The lowest BCUT2D eigenvalue weighted by atomic mass is 10.0. The number of fused-ring (bicyclic) bond motifs is 1. The van der Waals surface area contributed by atoms with E-state index in [2.05, 4.69) is 15.6 Å². The number of hydrogen-bond donors (Lipinski definition) is 4. The highest BCUT2D eigenvalue weighted by Crippen LogP contribution is 2.19. The molecule has 0 radical (unpaired) electrons. The largest absolute Gasteiger partial charge is 0.454 e. The highest BCUT2D eigenvalue weighted by atomic mass is 32.2. The van der Waals surface area contributed by atoms with E-state index in [1.54, 1.807) is 6.20 Å². The highest BCUT2D eigenvalue weighted by Gasteiger charge is 2.24. The first-order valence-corrected chi connectivity index (χ1v) is 11.1. The zero-order valence-electron chi connectivity index (χ0n) is 17.1. The molecule has 2 aromatic carbocycles. The van der Waals surface area contributed by atoms with Gasteiger partial charge in [-0.3, -0.25) is 9.59 Å². The van der Waals surface area contributed by atoms with E-state index in [0.717, 1.165) is 16.5 Å². The second-order valence-corrected chi connectivity index (χ2v) is 8.60. The second kappa shape index (κ2) is 9.62. The number of rotatable bonds is 8. The lowest BCUT2D eigenvalue weighted by molar-refractivity contribution is -0.150. The van der Waals surface area contributed by atoms with Crippen molar-refractivity contribution < 1.29 is 27.5 Å². The van der Waals surface area contributed by atoms with Crippen LogP contribution in [0.2, 0.25) is 0 Å². The van der Waals surface area contributed by atoms with Crippen LogP contribution in [0.5, 0.6) is 0 Å². The third-order valence-corrected chi connectivity index (χ3v) is 5.50. The Kier molecular flexibility index (Phi) is 6.91. The number of nitrogens with one attached hydrogen (secondary N) is 3. The van der Waals surface area contributed by atoms with Gasteiger partial charge < -0.3 is 20.4 Å². The van der Waals surface area contributed by atoms with E-state index in [-0.39, 0.29) is 11.3 Å². The van der Waals surface area contributed by atoms with Crippen LogP contribution >= 0.6 is 0 Å². The number of ether oxygens (including phenoxy) is 1. The van der Waals surface area contributed by atoms with E-state index in [1.807, 2.05) is 24.3 Å². The molecule has 10 nitrogen and oxygen atoms in total. The first kappa shape index (κ1) is 23.0. The van der Waals surface area contributed by atoms with Crippen LogP contribution < -0.4 is 15.8 Å². The maximum atomic E-state index is 12.5. The molecule has 0 spiro atoms. The number of benzene rings is 2. The molecule has 0 saturated heterocycles. The molecule has 0 unspecified atom stereocenters. The third kappa shape index (κ3) is 5.93. The molecule has 1 heterocycles. The number of esters is 1. The quantitative estimate of drug-likeness (QED) is 0.369. The molecule has 0 aliphatic carbocycles. The summed E-state index contributed by atoms with van der Waals surface area (Å²) in [5.41, 5.74) is 2.01. The first-order valence-electron chi connectivity index (χ1n) is 9.55. The smallest absolute Gasteiger partial charge is 0.329 e. The van der Waals surface area contributed by atoms with E-state index >= 15 is 0 Å². The van der Waals surface area contributed by atoms with E-state index in [4.69, 9.17) is 9.88 Å². The molecule has 168 valence electrons. The van der Waals surface area contributed by atoms with Gasteiger partial charge in [-0.25, -0.2) is 18.4 Å². The van der Waals surface area contributed by atoms with Crippen LogP contribution in [-0.2, 0) is 35.6 Å². The molecule has 3 rings (SSSR count). The van der Waals surface area contributed by atoms with Gasteiger partial charge in [-0.05, 0) is 35.9 Å². The van der Waals surface area contributed by atoms with Gasteiger partial charge in [-0.15, -0.1) is 0 Å². The maximum absolute atomic E-state index is 12.5. The predicted molar refractivity (Wildman–Crippen MR) is 117 cm³/mol. The summed E-state index contributed by atoms with van der Waals surface area (Å²) in [6.45, 7) is 0.702. The van der Waals surface area contributed by atoms with Gasteiger partial charge in [-0.1, -0.05) is 18.2 Å². The van der Waals surface area contributed by atoms with Crippen LogP contribution in [0.25, 0.3) is 10.9 Å². The average Bonchev–Trinajstić information content (AvgIpc) is 3.14. The minimum Gasteiger partial charge on any atom is -0.454 e. The van der Waals surface area contributed by atoms with Gasteiger partial charge >= 0.3 is 5.97 Å². The molecule has 0 aliphatic rings. The summed E-state index contributed by atoms with van der Waals surface area (Å²) in [5, 5.41) is 11.0. The fraction of sp³-hybridized carbons (Fsp3) is 0.190. The number of carbonyl (C=O) groups excluding carboxylic acids is 3. The molecule has 1 atom stereocenters. The number of carbonyl (C=O) groups is 3. The minimum atomic E-state index is -3.84. The standard InChI is InChI=1S/C21H22N4O6S/c1-13(26)24-19(10-14-11-23-18-5-3-2-4-17(14)18)21(28)31-12-20(27)25-15-6-8-16(9-7-15)32(22,29)30/h2-9,11,19,23H,10,12H2,1H3,(H,24,26)(H,25,27)(H2,22,29,30)/t19-/m0/s1. The van der Waals surface area contributed by atoms with E-state index in [0.29, 0.717) is 5.69 Å². The SMILES string of the molecule is CC(=O)N[C@@H](Cc1c[nH]c2ccccc12)C(=O)OCC(=O)Nc1ccc(S(N)(=O)=O)cc1. The van der Waals surface area contributed by atoms with Gasteiger partial charge in [-0.2, -0.15) is 0 Å². The molecular weight excluding hydrogens is 436 g/mol. The molecule has 0 bridgehead atoms. The number of aromatic amines is 1. The first-order chi connectivity index (χ1) is 15.1. The average molecular weight is 458 g/mol. The van der Waals surface area contributed by atoms with Crippen molar-refractivity contribution in [3.63, 3.8) is 0 Å². The number of amides is 2. The zero-order chi connectivity index (χ0) is 23.3. The van der Waals surface area contributed by atoms with E-state index < -0.39 is 40.5 Å². The Labute approximate surface area is 184 Å². The van der Waals surface area contributed by atoms with Crippen molar-refractivity contribution in [1.82, 2.24) is 10.3 Å². The zero-order valence-corrected chi connectivity index (χ0v) is 17.9. The number of primary sulfonamides is 1. The number of sulfonamides is 1.